The molecule has 0 amide bonds. The van der Waals surface area contributed by atoms with Crippen molar-refractivity contribution in [2.24, 2.45) is 5.41 Å². The van der Waals surface area contributed by atoms with Gasteiger partial charge in [0.05, 0.1) is 25.0 Å². The highest BCUT2D eigenvalue weighted by molar-refractivity contribution is 7.91. The van der Waals surface area contributed by atoms with Gasteiger partial charge in [-0.25, -0.2) is 8.42 Å². The molecule has 1 aliphatic carbocycles. The Labute approximate surface area is 125 Å². The lowest BCUT2D eigenvalue weighted by Crippen LogP contribution is -2.18. The maximum absolute atomic E-state index is 12.0. The molecule has 21 heavy (non-hydrogen) atoms. The van der Waals surface area contributed by atoms with E-state index in [9.17, 15) is 13.7 Å². The second-order valence-electron chi connectivity index (χ2n) is 5.29. The monoisotopic (exact) mass is 309 g/mol. The van der Waals surface area contributed by atoms with E-state index in [1.165, 1.54) is 6.26 Å². The zero-order valence-corrected chi connectivity index (χ0v) is 13.2. The quantitative estimate of drug-likeness (QED) is 0.800. The lowest BCUT2D eigenvalue weighted by atomic mass is 10.0. The Morgan fingerprint density at radius 2 is 1.95 bits per heavy atom. The Bertz CT molecular complexity index is 647. The molecule has 5 nitrogen and oxygen atoms in total. The average Bonchev–Trinajstić information content (AvgIpc) is 3.15. The fourth-order valence-corrected chi connectivity index (χ4v) is 4.77. The van der Waals surface area contributed by atoms with Gasteiger partial charge in [-0.2, -0.15) is 5.26 Å². The van der Waals surface area contributed by atoms with Crippen molar-refractivity contribution >= 4 is 9.84 Å². The molecule has 1 aromatic rings. The normalized spacial score (nSPS) is 27.9. The van der Waals surface area contributed by atoms with E-state index in [1.807, 2.05) is 19.1 Å². The van der Waals surface area contributed by atoms with Crippen molar-refractivity contribution in [1.82, 2.24) is 0 Å². The van der Waals surface area contributed by atoms with Crippen LogP contribution in [0.4, 0.5) is 0 Å². The molecule has 1 saturated carbocycles. The molecule has 0 N–H and O–H groups in total. The van der Waals surface area contributed by atoms with Crippen LogP contribution in [-0.2, 0) is 14.6 Å². The number of hydrogen-bond acceptors (Lipinski definition) is 5. The molecular formula is C15H19NO4S. The van der Waals surface area contributed by atoms with E-state index in [-0.39, 0.29) is 12.5 Å². The molecule has 0 radical (unpaired) electrons. The van der Waals surface area contributed by atoms with Crippen molar-refractivity contribution in [3.8, 4) is 11.8 Å². The summed E-state index contributed by atoms with van der Waals surface area (Å²) in [6, 6.07) is 9.36. The second-order valence-corrected chi connectivity index (χ2v) is 7.46. The summed E-state index contributed by atoms with van der Waals surface area (Å²) in [6.07, 6.45) is 1.18. The van der Waals surface area contributed by atoms with Gasteiger partial charge in [0.25, 0.3) is 0 Å². The minimum atomic E-state index is -3.33. The lowest BCUT2D eigenvalue weighted by molar-refractivity contribution is 0.117. The van der Waals surface area contributed by atoms with Crippen LogP contribution in [0.1, 0.15) is 18.4 Å². The van der Waals surface area contributed by atoms with Crippen molar-refractivity contribution in [1.29, 1.82) is 5.26 Å². The highest BCUT2D eigenvalue weighted by Crippen LogP contribution is 2.62. The summed E-state index contributed by atoms with van der Waals surface area (Å²) in [5.74, 6) is 0.345. The van der Waals surface area contributed by atoms with E-state index in [4.69, 9.17) is 9.47 Å². The Morgan fingerprint density at radius 3 is 2.38 bits per heavy atom. The highest BCUT2D eigenvalue weighted by Gasteiger charge is 2.71. The highest BCUT2D eigenvalue weighted by atomic mass is 32.2. The number of hydrogen-bond donors (Lipinski definition) is 0. The minimum Gasteiger partial charge on any atom is -0.497 e. The van der Waals surface area contributed by atoms with Gasteiger partial charge in [-0.1, -0.05) is 12.1 Å². The van der Waals surface area contributed by atoms with Gasteiger partial charge >= 0.3 is 0 Å². The summed E-state index contributed by atoms with van der Waals surface area (Å²) in [5, 5.41) is 8.82. The first-order chi connectivity index (χ1) is 9.90. The van der Waals surface area contributed by atoms with E-state index in [1.54, 1.807) is 19.2 Å². The van der Waals surface area contributed by atoms with Gasteiger partial charge in [0, 0.05) is 18.8 Å². The number of sulfone groups is 1. The number of benzene rings is 1. The van der Waals surface area contributed by atoms with Crippen LogP contribution >= 0.6 is 0 Å². The van der Waals surface area contributed by atoms with Crippen LogP contribution in [0.5, 0.6) is 5.75 Å². The molecule has 2 rings (SSSR count). The average molecular weight is 309 g/mol. The third kappa shape index (κ3) is 2.76. The van der Waals surface area contributed by atoms with Gasteiger partial charge < -0.3 is 9.47 Å². The van der Waals surface area contributed by atoms with Crippen LogP contribution in [0, 0.1) is 16.7 Å². The van der Waals surface area contributed by atoms with E-state index in [0.29, 0.717) is 12.4 Å². The van der Waals surface area contributed by atoms with Gasteiger partial charge in [-0.3, -0.25) is 0 Å². The van der Waals surface area contributed by atoms with Crippen molar-refractivity contribution in [2.75, 3.05) is 26.6 Å². The molecule has 6 heteroatoms. The minimum absolute atomic E-state index is 0.133. The molecule has 0 unspecified atom stereocenters. The van der Waals surface area contributed by atoms with E-state index in [0.717, 1.165) is 5.56 Å². The van der Waals surface area contributed by atoms with Crippen molar-refractivity contribution < 1.29 is 17.9 Å². The van der Waals surface area contributed by atoms with Crippen LogP contribution in [0.3, 0.4) is 0 Å². The molecule has 1 fully saturated rings. The zero-order chi connectivity index (χ0) is 15.7. The van der Waals surface area contributed by atoms with Crippen LogP contribution < -0.4 is 4.74 Å². The van der Waals surface area contributed by atoms with E-state index < -0.39 is 20.5 Å². The third-order valence-electron chi connectivity index (χ3n) is 3.95. The molecule has 0 bridgehead atoms. The van der Waals surface area contributed by atoms with Crippen molar-refractivity contribution in [2.45, 2.75) is 18.1 Å². The van der Waals surface area contributed by atoms with Crippen LogP contribution in [-0.4, -0.2) is 40.2 Å². The lowest BCUT2D eigenvalue weighted by Gasteiger charge is -2.09. The van der Waals surface area contributed by atoms with Crippen LogP contribution in [0.25, 0.3) is 0 Å². The summed E-state index contributed by atoms with van der Waals surface area (Å²) in [5.41, 5.74) is -0.162. The number of nitriles is 1. The molecule has 0 spiro atoms. The van der Waals surface area contributed by atoms with Crippen molar-refractivity contribution in [3.63, 3.8) is 0 Å². The van der Waals surface area contributed by atoms with Gasteiger partial charge in [-0.05, 0) is 24.6 Å². The van der Waals surface area contributed by atoms with Crippen LogP contribution in [0.2, 0.25) is 0 Å². The van der Waals surface area contributed by atoms with Gasteiger partial charge in [0.2, 0.25) is 0 Å². The largest absolute Gasteiger partial charge is 0.497 e. The predicted octanol–water partition coefficient (Wildman–Crippen LogP) is 1.75. The number of ether oxygens (including phenoxy) is 2. The Balaban J connectivity index is 2.37. The first kappa shape index (κ1) is 15.8. The van der Waals surface area contributed by atoms with Crippen molar-refractivity contribution in [3.05, 3.63) is 29.8 Å². The topological polar surface area (TPSA) is 76.4 Å². The molecule has 0 saturated heterocycles. The first-order valence-electron chi connectivity index (χ1n) is 6.72. The van der Waals surface area contributed by atoms with Gasteiger partial charge in [-0.15, -0.1) is 0 Å². The summed E-state index contributed by atoms with van der Waals surface area (Å²) >= 11 is 0. The maximum Gasteiger partial charge on any atom is 0.152 e. The van der Waals surface area contributed by atoms with Gasteiger partial charge in [0.15, 0.2) is 9.84 Å². The fraction of sp³-hybridized carbons (Fsp3) is 0.533. The Hall–Kier alpha value is -1.58. The summed E-state index contributed by atoms with van der Waals surface area (Å²) in [4.78, 5) is 0. The molecule has 3 atom stereocenters. The number of rotatable bonds is 6. The molecule has 0 aliphatic heterocycles. The predicted molar refractivity (Wildman–Crippen MR) is 78.9 cm³/mol. The Kier molecular flexibility index (Phi) is 4.26. The Morgan fingerprint density at radius 1 is 1.33 bits per heavy atom. The SMILES string of the molecule is CCOC[C@@]1(C#N)[C@H](c2ccc(OC)cc2)[C@@H]1S(C)(=O)=O. The summed E-state index contributed by atoms with van der Waals surface area (Å²) in [6.45, 7) is 2.41. The number of methoxy groups -OCH3 is 1. The maximum atomic E-state index is 12.0. The molecule has 0 aromatic heterocycles. The second kappa shape index (κ2) is 5.66. The molecule has 1 aromatic carbocycles. The molecule has 114 valence electrons. The third-order valence-corrected chi connectivity index (χ3v) is 5.56. The molecule has 1 aliphatic rings. The molecule has 0 heterocycles. The first-order valence-corrected chi connectivity index (χ1v) is 8.68. The smallest absolute Gasteiger partial charge is 0.152 e. The zero-order valence-electron chi connectivity index (χ0n) is 12.4. The molecular weight excluding hydrogens is 290 g/mol. The van der Waals surface area contributed by atoms with E-state index >= 15 is 0 Å². The summed E-state index contributed by atoms with van der Waals surface area (Å²) < 4.78 is 34.5. The number of nitrogens with zero attached hydrogens (tertiary/aromatic N) is 1. The van der Waals surface area contributed by atoms with Crippen LogP contribution in [0.15, 0.2) is 24.3 Å². The standard InChI is InChI=1S/C15H19NO4S/c1-4-20-10-15(9-16)13(14(15)21(3,17)18)11-5-7-12(19-2)8-6-11/h5-8,13-14H,4,10H2,1-3H3/t13-,14+,15+/m1/s1. The van der Waals surface area contributed by atoms with E-state index in [2.05, 4.69) is 6.07 Å². The summed E-state index contributed by atoms with van der Waals surface area (Å²) in [7, 11) is -1.76. The van der Waals surface area contributed by atoms with Gasteiger partial charge in [0.1, 0.15) is 11.2 Å². The fourth-order valence-electron chi connectivity index (χ4n) is 2.93.